The van der Waals surface area contributed by atoms with Crippen molar-refractivity contribution in [3.8, 4) is 17.3 Å². The van der Waals surface area contributed by atoms with Crippen LogP contribution in [0.2, 0.25) is 0 Å². The molecule has 0 amide bonds. The molecule has 1 N–H and O–H groups in total. The van der Waals surface area contributed by atoms with Crippen molar-refractivity contribution in [2.24, 2.45) is 7.05 Å². The highest BCUT2D eigenvalue weighted by Crippen LogP contribution is 2.32. The number of allylic oxidation sites excluding steroid dienone is 6. The predicted molar refractivity (Wildman–Crippen MR) is 118 cm³/mol. The smallest absolute Gasteiger partial charge is 0.266 e. The molecule has 0 saturated carbocycles. The van der Waals surface area contributed by atoms with Crippen LogP contribution in [0.3, 0.4) is 0 Å². The molecule has 0 atom stereocenters. The molecule has 0 bridgehead atoms. The first-order valence-electron chi connectivity index (χ1n) is 10.1. The number of pyridine rings is 1. The van der Waals surface area contributed by atoms with E-state index in [-0.39, 0.29) is 23.1 Å². The summed E-state index contributed by atoms with van der Waals surface area (Å²) in [6.45, 7) is 1.20. The summed E-state index contributed by atoms with van der Waals surface area (Å²) in [5, 5.41) is 21.4. The maximum atomic E-state index is 15.0. The van der Waals surface area contributed by atoms with Gasteiger partial charge in [-0.25, -0.2) is 4.39 Å². The van der Waals surface area contributed by atoms with Gasteiger partial charge in [0, 0.05) is 25.2 Å². The minimum Gasteiger partial charge on any atom is -0.377 e. The Hall–Kier alpha value is -4.03. The van der Waals surface area contributed by atoms with Gasteiger partial charge in [0.25, 0.3) is 5.56 Å². The summed E-state index contributed by atoms with van der Waals surface area (Å²) in [6, 6.07) is 3.97. The number of aromatic amines is 1. The second-order valence-electron chi connectivity index (χ2n) is 7.56. The number of nitrogens with one attached hydrogen (secondary N) is 1. The second-order valence-corrected chi connectivity index (χ2v) is 7.56. The number of nitrogens with zero attached hydrogens (tertiary/aromatic N) is 5. The van der Waals surface area contributed by atoms with E-state index < -0.39 is 11.4 Å². The molecule has 0 radical (unpaired) electrons. The van der Waals surface area contributed by atoms with Crippen molar-refractivity contribution in [1.29, 1.82) is 5.26 Å². The number of fused-ring (bicyclic) bond motifs is 1. The average molecular weight is 430 g/mol. The van der Waals surface area contributed by atoms with Gasteiger partial charge in [-0.05, 0) is 24.1 Å². The van der Waals surface area contributed by atoms with Crippen molar-refractivity contribution < 1.29 is 9.13 Å². The van der Waals surface area contributed by atoms with E-state index in [1.807, 2.05) is 25.3 Å². The zero-order valence-electron chi connectivity index (χ0n) is 17.3. The summed E-state index contributed by atoms with van der Waals surface area (Å²) in [5.41, 5.74) is 3.41. The van der Waals surface area contributed by atoms with Crippen LogP contribution in [-0.2, 0) is 11.8 Å². The minimum atomic E-state index is -0.653. The normalized spacial score (nSPS) is 16.7. The number of hydrogen-bond acceptors (Lipinski definition) is 5. The Morgan fingerprint density at radius 2 is 2.25 bits per heavy atom. The lowest BCUT2D eigenvalue weighted by atomic mass is 10.1. The number of halogens is 1. The van der Waals surface area contributed by atoms with Gasteiger partial charge < -0.3 is 4.74 Å². The highest BCUT2D eigenvalue weighted by Gasteiger charge is 2.22. The van der Waals surface area contributed by atoms with Crippen LogP contribution >= 0.6 is 0 Å². The zero-order valence-corrected chi connectivity index (χ0v) is 17.3. The molecular weight excluding hydrogens is 411 g/mol. The van der Waals surface area contributed by atoms with Crippen molar-refractivity contribution in [2.75, 3.05) is 13.2 Å². The van der Waals surface area contributed by atoms with Crippen LogP contribution in [0.5, 0.6) is 0 Å². The SMILES string of the molecule is Cn1nc(-c2cn(C3=C(C#N)CC=CC=C3F)c(=O)c3cn[nH]c23)cc1C1=CCOCC1. The monoisotopic (exact) mass is 430 g/mol. The Morgan fingerprint density at radius 1 is 1.38 bits per heavy atom. The molecule has 0 unspecified atom stereocenters. The van der Waals surface area contributed by atoms with Crippen molar-refractivity contribution in [3.05, 3.63) is 70.2 Å². The van der Waals surface area contributed by atoms with Gasteiger partial charge in [-0.1, -0.05) is 18.2 Å². The van der Waals surface area contributed by atoms with E-state index in [0.717, 1.165) is 17.7 Å². The van der Waals surface area contributed by atoms with Gasteiger partial charge in [0.1, 0.15) is 5.83 Å². The van der Waals surface area contributed by atoms with Gasteiger partial charge in [0.2, 0.25) is 0 Å². The molecular formula is C23H19FN6O2. The van der Waals surface area contributed by atoms with Gasteiger partial charge in [-0.15, -0.1) is 0 Å². The van der Waals surface area contributed by atoms with E-state index in [1.54, 1.807) is 10.8 Å². The van der Waals surface area contributed by atoms with Gasteiger partial charge >= 0.3 is 0 Å². The summed E-state index contributed by atoms with van der Waals surface area (Å²) in [6.07, 6.45) is 10.4. The van der Waals surface area contributed by atoms with E-state index in [0.29, 0.717) is 30.0 Å². The highest BCUT2D eigenvalue weighted by atomic mass is 19.1. The lowest BCUT2D eigenvalue weighted by molar-refractivity contribution is 0.161. The number of aromatic nitrogens is 5. The number of rotatable bonds is 3. The third kappa shape index (κ3) is 3.21. The van der Waals surface area contributed by atoms with Crippen LogP contribution < -0.4 is 5.56 Å². The molecule has 2 aliphatic rings. The highest BCUT2D eigenvalue weighted by molar-refractivity contribution is 5.93. The topological polar surface area (TPSA) is 102 Å². The van der Waals surface area contributed by atoms with Gasteiger partial charge in [0.05, 0.1) is 59.0 Å². The standard InChI is InChI=1S/C23H19FN6O2/c1-29-20(14-6-8-32-9-7-14)10-19(28-29)17-13-30(23(31)16-12-26-27-21(16)17)22-15(11-25)4-2-3-5-18(22)24/h2-3,5-6,10,12-13H,4,7-9H2,1H3,(H,26,27). The Bertz CT molecular complexity index is 1460. The molecule has 0 fully saturated rings. The third-order valence-electron chi connectivity index (χ3n) is 5.65. The first-order valence-corrected chi connectivity index (χ1v) is 10.1. The lowest BCUT2D eigenvalue weighted by Gasteiger charge is -2.13. The molecule has 1 aliphatic heterocycles. The molecule has 0 saturated heterocycles. The van der Waals surface area contributed by atoms with Crippen LogP contribution in [0.15, 0.2) is 59.0 Å². The quantitative estimate of drug-likeness (QED) is 0.686. The molecule has 9 heteroatoms. The molecule has 0 spiro atoms. The Labute approximate surface area is 182 Å². The van der Waals surface area contributed by atoms with Crippen LogP contribution in [0, 0.1) is 11.3 Å². The summed E-state index contributed by atoms with van der Waals surface area (Å²) in [5.74, 6) is -0.653. The molecule has 3 aromatic heterocycles. The molecule has 3 aromatic rings. The van der Waals surface area contributed by atoms with Crippen LogP contribution in [0.25, 0.3) is 33.4 Å². The summed E-state index contributed by atoms with van der Waals surface area (Å²) in [7, 11) is 1.85. The van der Waals surface area contributed by atoms with E-state index in [1.165, 1.54) is 29.1 Å². The van der Waals surface area contributed by atoms with E-state index in [2.05, 4.69) is 15.3 Å². The van der Waals surface area contributed by atoms with E-state index in [9.17, 15) is 14.4 Å². The lowest BCUT2D eigenvalue weighted by Crippen LogP contribution is -2.20. The Balaban J connectivity index is 1.75. The summed E-state index contributed by atoms with van der Waals surface area (Å²) < 4.78 is 23.3. The van der Waals surface area contributed by atoms with Gasteiger partial charge in [-0.2, -0.15) is 15.5 Å². The van der Waals surface area contributed by atoms with Crippen LogP contribution in [0.4, 0.5) is 4.39 Å². The molecule has 32 heavy (non-hydrogen) atoms. The number of aryl methyl sites for hydroxylation is 1. The van der Waals surface area contributed by atoms with Crippen molar-refractivity contribution in [1.82, 2.24) is 24.5 Å². The van der Waals surface area contributed by atoms with Gasteiger partial charge in [0.15, 0.2) is 0 Å². The first-order chi connectivity index (χ1) is 15.6. The average Bonchev–Trinajstić information content (AvgIpc) is 3.40. The number of hydrogen-bond donors (Lipinski definition) is 1. The first kappa shape index (κ1) is 19.9. The Kier molecular flexibility index (Phi) is 4.92. The molecule has 1 aliphatic carbocycles. The fourth-order valence-electron chi connectivity index (χ4n) is 4.07. The van der Waals surface area contributed by atoms with E-state index >= 15 is 0 Å². The molecule has 160 valence electrons. The number of ether oxygens (including phenoxy) is 1. The maximum Gasteiger partial charge on any atom is 0.266 e. The zero-order chi connectivity index (χ0) is 22.2. The minimum absolute atomic E-state index is 0.0601. The fraction of sp³-hybridized carbons (Fsp3) is 0.217. The number of nitriles is 1. The maximum absolute atomic E-state index is 15.0. The fourth-order valence-corrected chi connectivity index (χ4v) is 4.07. The Morgan fingerprint density at radius 3 is 3.03 bits per heavy atom. The van der Waals surface area contributed by atoms with Crippen LogP contribution in [0.1, 0.15) is 18.5 Å². The van der Waals surface area contributed by atoms with Crippen molar-refractivity contribution >= 4 is 22.2 Å². The summed E-state index contributed by atoms with van der Waals surface area (Å²) in [4.78, 5) is 13.2. The molecule has 4 heterocycles. The molecule has 5 rings (SSSR count). The largest absolute Gasteiger partial charge is 0.377 e. The van der Waals surface area contributed by atoms with E-state index in [4.69, 9.17) is 4.74 Å². The predicted octanol–water partition coefficient (Wildman–Crippen LogP) is 3.48. The molecule has 8 nitrogen and oxygen atoms in total. The van der Waals surface area contributed by atoms with Crippen LogP contribution in [-0.4, -0.2) is 37.8 Å². The number of H-pyrrole nitrogens is 1. The second kappa shape index (κ2) is 7.90. The summed E-state index contributed by atoms with van der Waals surface area (Å²) >= 11 is 0. The molecule has 0 aromatic carbocycles. The van der Waals surface area contributed by atoms with Crippen molar-refractivity contribution in [2.45, 2.75) is 12.8 Å². The van der Waals surface area contributed by atoms with Gasteiger partial charge in [-0.3, -0.25) is 19.1 Å². The third-order valence-corrected chi connectivity index (χ3v) is 5.65. The van der Waals surface area contributed by atoms with Crippen molar-refractivity contribution in [3.63, 3.8) is 0 Å².